The van der Waals surface area contributed by atoms with Crippen LogP contribution in [0.15, 0.2) is 163 Å². The number of hydrogen-bond donors (Lipinski definition) is 0. The van der Waals surface area contributed by atoms with Crippen LogP contribution < -0.4 is 9.80 Å². The summed E-state index contributed by atoms with van der Waals surface area (Å²) in [5, 5.41) is 2.82. The molecule has 0 aromatic heterocycles. The van der Waals surface area contributed by atoms with Crippen LogP contribution in [0.1, 0.15) is 81.3 Å². The number of rotatable bonds is 6. The molecule has 58 heavy (non-hydrogen) atoms. The molecular formula is C56H52N2. The van der Waals surface area contributed by atoms with Crippen molar-refractivity contribution in [3.63, 3.8) is 0 Å². The smallest absolute Gasteiger partial charge is 0.0586 e. The Hall–Kier alpha value is -6.12. The summed E-state index contributed by atoms with van der Waals surface area (Å²) in [6.07, 6.45) is 5.73. The molecule has 0 heterocycles. The molecule has 7 aromatic rings. The second-order valence-corrected chi connectivity index (χ2v) is 18.1. The molecular weight excluding hydrogens is 701 g/mol. The largest absolute Gasteiger partial charge is 0.334 e. The second kappa shape index (κ2) is 13.2. The first-order valence-electron chi connectivity index (χ1n) is 20.9. The number of benzene rings is 7. The van der Waals surface area contributed by atoms with E-state index in [0.29, 0.717) is 0 Å². The molecule has 7 aromatic carbocycles. The van der Waals surface area contributed by atoms with Crippen LogP contribution in [0.25, 0.3) is 33.0 Å². The third-order valence-corrected chi connectivity index (χ3v) is 13.4. The lowest BCUT2D eigenvalue weighted by atomic mass is 9.63. The Morgan fingerprint density at radius 3 is 1.50 bits per heavy atom. The van der Waals surface area contributed by atoms with Crippen molar-refractivity contribution in [3.05, 3.63) is 196 Å². The predicted molar refractivity (Wildman–Crippen MR) is 248 cm³/mol. The van der Waals surface area contributed by atoms with Crippen molar-refractivity contribution in [2.24, 2.45) is 0 Å². The number of aryl methyl sites for hydroxylation is 2. The van der Waals surface area contributed by atoms with E-state index < -0.39 is 0 Å². The zero-order chi connectivity index (χ0) is 40.1. The van der Waals surface area contributed by atoms with Gasteiger partial charge in [0.2, 0.25) is 0 Å². The summed E-state index contributed by atoms with van der Waals surface area (Å²) in [4.78, 5) is 4.98. The summed E-state index contributed by atoms with van der Waals surface area (Å²) in [6.45, 7) is 18.6. The van der Waals surface area contributed by atoms with Gasteiger partial charge in [0, 0.05) is 39.3 Å². The van der Waals surface area contributed by atoms with Crippen molar-refractivity contribution in [2.45, 2.75) is 78.7 Å². The van der Waals surface area contributed by atoms with E-state index >= 15 is 0 Å². The molecule has 0 radical (unpaired) electrons. The van der Waals surface area contributed by atoms with Gasteiger partial charge in [0.15, 0.2) is 0 Å². The Labute approximate surface area is 344 Å². The molecule has 0 aliphatic heterocycles. The van der Waals surface area contributed by atoms with Crippen LogP contribution in [0.5, 0.6) is 0 Å². The van der Waals surface area contributed by atoms with Crippen LogP contribution in [0, 0.1) is 13.8 Å². The topological polar surface area (TPSA) is 6.48 Å². The third-order valence-electron chi connectivity index (χ3n) is 13.4. The minimum absolute atomic E-state index is 0.206. The Balaban J connectivity index is 1.13. The van der Waals surface area contributed by atoms with E-state index in [9.17, 15) is 0 Å². The van der Waals surface area contributed by atoms with E-state index in [4.69, 9.17) is 0 Å². The van der Waals surface area contributed by atoms with Crippen molar-refractivity contribution < 1.29 is 0 Å². The lowest BCUT2D eigenvalue weighted by Gasteiger charge is -2.42. The summed E-state index contributed by atoms with van der Waals surface area (Å²) in [5.41, 5.74) is 21.8. The highest BCUT2D eigenvalue weighted by Crippen LogP contribution is 2.57. The minimum atomic E-state index is -0.219. The lowest BCUT2D eigenvalue weighted by Crippen LogP contribution is -2.33. The zero-order valence-electron chi connectivity index (χ0n) is 35.1. The van der Waals surface area contributed by atoms with Crippen molar-refractivity contribution in [3.8, 4) is 22.3 Å². The molecule has 0 saturated carbocycles. The van der Waals surface area contributed by atoms with Gasteiger partial charge in [0.25, 0.3) is 0 Å². The fraction of sp³-hybridized carbons (Fsp3) is 0.214. The SMILES string of the molecule is CC1=CCC(N(c2ccccc2)c2ccc3c(c2)C(C)(C)c2ccc4c5c(ccc-3c25)-c2ccc(N(c3ccccc3)c3cc(C)cc(C)c3)cc2C4(C)C)C(C)=C1. The van der Waals surface area contributed by atoms with Gasteiger partial charge in [-0.15, -0.1) is 0 Å². The molecule has 286 valence electrons. The molecule has 0 amide bonds. The molecule has 2 heteroatoms. The first kappa shape index (κ1) is 36.2. The van der Waals surface area contributed by atoms with E-state index in [-0.39, 0.29) is 16.9 Å². The molecule has 0 fully saturated rings. The van der Waals surface area contributed by atoms with Crippen LogP contribution in [0.4, 0.5) is 28.4 Å². The zero-order valence-corrected chi connectivity index (χ0v) is 35.1. The fourth-order valence-electron chi connectivity index (χ4n) is 10.6. The summed E-state index contributed by atoms with van der Waals surface area (Å²) in [6, 6.07) is 53.1. The maximum absolute atomic E-state index is 2.56. The first-order chi connectivity index (χ1) is 27.9. The molecule has 1 atom stereocenters. The quantitative estimate of drug-likeness (QED) is 0.167. The maximum atomic E-state index is 2.56. The lowest BCUT2D eigenvalue weighted by molar-refractivity contribution is 0.632. The van der Waals surface area contributed by atoms with Crippen LogP contribution in [-0.4, -0.2) is 6.04 Å². The number of hydrogen-bond acceptors (Lipinski definition) is 2. The van der Waals surface area contributed by atoms with E-state index in [2.05, 4.69) is 217 Å². The van der Waals surface area contributed by atoms with Gasteiger partial charge in [-0.3, -0.25) is 0 Å². The summed E-state index contributed by atoms with van der Waals surface area (Å²) < 4.78 is 0. The van der Waals surface area contributed by atoms with Gasteiger partial charge in [-0.05, 0) is 161 Å². The van der Waals surface area contributed by atoms with Crippen molar-refractivity contribution >= 4 is 39.2 Å². The molecule has 2 nitrogen and oxygen atoms in total. The van der Waals surface area contributed by atoms with Gasteiger partial charge in [-0.25, -0.2) is 0 Å². The molecule has 0 N–H and O–H groups in total. The molecule has 0 spiro atoms. The summed E-state index contributed by atoms with van der Waals surface area (Å²) in [5.74, 6) is 0. The Bertz CT molecular complexity index is 2830. The van der Waals surface area contributed by atoms with Crippen molar-refractivity contribution in [2.75, 3.05) is 9.80 Å². The Morgan fingerprint density at radius 2 is 0.948 bits per heavy atom. The molecule has 0 bridgehead atoms. The highest BCUT2D eigenvalue weighted by atomic mass is 15.2. The monoisotopic (exact) mass is 752 g/mol. The summed E-state index contributed by atoms with van der Waals surface area (Å²) >= 11 is 0. The van der Waals surface area contributed by atoms with Crippen molar-refractivity contribution in [1.82, 2.24) is 0 Å². The van der Waals surface area contributed by atoms with E-state index in [1.807, 2.05) is 0 Å². The third kappa shape index (κ3) is 5.52. The van der Waals surface area contributed by atoms with Gasteiger partial charge >= 0.3 is 0 Å². The molecule has 10 rings (SSSR count). The molecule has 3 aliphatic rings. The predicted octanol–water partition coefficient (Wildman–Crippen LogP) is 15.3. The number of allylic oxidation sites excluding steroid dienone is 2. The van der Waals surface area contributed by atoms with Gasteiger partial charge in [-0.2, -0.15) is 0 Å². The van der Waals surface area contributed by atoms with Crippen LogP contribution in [0.2, 0.25) is 0 Å². The van der Waals surface area contributed by atoms with Gasteiger partial charge in [-0.1, -0.05) is 130 Å². The normalized spacial score (nSPS) is 16.9. The number of nitrogens with zero attached hydrogens (tertiary/aromatic N) is 2. The van der Waals surface area contributed by atoms with E-state index in [0.717, 1.165) is 12.1 Å². The van der Waals surface area contributed by atoms with Gasteiger partial charge < -0.3 is 9.80 Å². The minimum Gasteiger partial charge on any atom is -0.334 e. The Kier molecular flexibility index (Phi) is 8.26. The van der Waals surface area contributed by atoms with Crippen LogP contribution in [-0.2, 0) is 10.8 Å². The average molecular weight is 753 g/mol. The highest BCUT2D eigenvalue weighted by Gasteiger charge is 2.40. The van der Waals surface area contributed by atoms with Crippen LogP contribution >= 0.6 is 0 Å². The number of fused-ring (bicyclic) bond motifs is 4. The second-order valence-electron chi connectivity index (χ2n) is 18.1. The maximum Gasteiger partial charge on any atom is 0.0586 e. The van der Waals surface area contributed by atoms with Gasteiger partial charge in [0.1, 0.15) is 0 Å². The number of anilines is 5. The molecule has 0 saturated heterocycles. The van der Waals surface area contributed by atoms with E-state index in [1.165, 1.54) is 100 Å². The highest BCUT2D eigenvalue weighted by molar-refractivity contribution is 6.13. The molecule has 3 aliphatic carbocycles. The summed E-state index contributed by atoms with van der Waals surface area (Å²) in [7, 11) is 0. The standard InChI is InChI=1S/C56H52N2/c1-35-19-28-52(38(4)30-35)58(40-17-13-10-14-18-40)42-21-23-45-47-25-24-46-44-22-20-41(57(39-15-11-9-12-16-39)43-31-36(2)29-37(3)32-43)33-50(44)55(5,6)48-26-27-49(54(47)53(46)48)56(7,8)51(45)34-42/h9-27,29-34,52H,28H2,1-8H3. The van der Waals surface area contributed by atoms with E-state index in [1.54, 1.807) is 0 Å². The first-order valence-corrected chi connectivity index (χ1v) is 20.9. The fourth-order valence-corrected chi connectivity index (χ4v) is 10.6. The van der Waals surface area contributed by atoms with Crippen molar-refractivity contribution in [1.29, 1.82) is 0 Å². The number of para-hydroxylation sites is 2. The average Bonchev–Trinajstić information content (AvgIpc) is 3.21. The van der Waals surface area contributed by atoms with Gasteiger partial charge in [0.05, 0.1) is 6.04 Å². The van der Waals surface area contributed by atoms with Crippen LogP contribution in [0.3, 0.4) is 0 Å². The Morgan fingerprint density at radius 1 is 0.448 bits per heavy atom. The molecule has 1 unspecified atom stereocenters.